The van der Waals surface area contributed by atoms with Crippen molar-refractivity contribution in [1.82, 2.24) is 0 Å². The van der Waals surface area contributed by atoms with Gasteiger partial charge < -0.3 is 19.3 Å². The predicted octanol–water partition coefficient (Wildman–Crippen LogP) is 10.7. The van der Waals surface area contributed by atoms with Crippen molar-refractivity contribution in [3.63, 3.8) is 0 Å². The van der Waals surface area contributed by atoms with E-state index in [0.29, 0.717) is 78.4 Å². The monoisotopic (exact) mass is 778 g/mol. The van der Waals surface area contributed by atoms with Gasteiger partial charge in [0.1, 0.15) is 23.0 Å². The molecule has 0 aromatic heterocycles. The number of fused-ring (bicyclic) bond motifs is 8. The van der Waals surface area contributed by atoms with Crippen LogP contribution in [0.2, 0.25) is 0 Å². The predicted molar refractivity (Wildman–Crippen MR) is 227 cm³/mol. The van der Waals surface area contributed by atoms with Crippen LogP contribution in [0.1, 0.15) is 94.5 Å². The smallest absolute Gasteiger partial charge is 0.343 e. The van der Waals surface area contributed by atoms with Crippen LogP contribution < -0.4 is 14.2 Å². The average Bonchev–Trinajstić information content (AvgIpc) is 3.26. The zero-order valence-electron chi connectivity index (χ0n) is 32.7. The summed E-state index contributed by atoms with van der Waals surface area (Å²) in [6, 6.07) is 47.6. The minimum Gasteiger partial charge on any atom is -0.507 e. The lowest BCUT2D eigenvalue weighted by Gasteiger charge is -2.21. The third-order valence-corrected chi connectivity index (χ3v) is 10.5. The number of rotatable bonds is 8. The second kappa shape index (κ2) is 17.5. The number of phenols is 1. The number of carbonyl (C=O) groups excluding carboxylic acids is 3. The zero-order valence-corrected chi connectivity index (χ0v) is 32.7. The molecule has 0 saturated carbocycles. The highest BCUT2D eigenvalue weighted by Crippen LogP contribution is 2.39. The molecule has 8 rings (SSSR count). The number of phenolic OH excluding ortho intramolecular Hbond substituents is 1. The summed E-state index contributed by atoms with van der Waals surface area (Å²) in [6.07, 6.45) is 2.66. The van der Waals surface area contributed by atoms with E-state index in [1.54, 1.807) is 72.8 Å². The Hall–Kier alpha value is -7.25. The first kappa shape index (κ1) is 38.6. The molecule has 0 amide bonds. The molecule has 1 aliphatic rings. The molecule has 1 N–H and O–H groups in total. The number of ether oxygens (including phenoxy) is 3. The van der Waals surface area contributed by atoms with Crippen LogP contribution in [0.5, 0.6) is 23.0 Å². The Kier molecular flexibility index (Phi) is 11.4. The molecule has 0 saturated heterocycles. The Morgan fingerprint density at radius 3 is 1.00 bits per heavy atom. The van der Waals surface area contributed by atoms with Crippen LogP contribution in [0.25, 0.3) is 0 Å². The second-order valence-electron chi connectivity index (χ2n) is 14.7. The summed E-state index contributed by atoms with van der Waals surface area (Å²) >= 11 is 0. The van der Waals surface area contributed by atoms with Crippen LogP contribution >= 0.6 is 0 Å². The average molecular weight is 779 g/mol. The van der Waals surface area contributed by atoms with Gasteiger partial charge in [0.2, 0.25) is 0 Å². The topological polar surface area (TPSA) is 99.1 Å². The second-order valence-corrected chi connectivity index (χ2v) is 14.7. The van der Waals surface area contributed by atoms with E-state index >= 15 is 0 Å². The van der Waals surface area contributed by atoms with Gasteiger partial charge in [0.15, 0.2) is 0 Å². The molecule has 59 heavy (non-hydrogen) atoms. The van der Waals surface area contributed by atoms with Crippen LogP contribution in [0.3, 0.4) is 0 Å². The van der Waals surface area contributed by atoms with E-state index in [-0.39, 0.29) is 31.4 Å². The SMILES string of the molecule is CCCc1cc2c(O)c(c1)Cc1cccc(c1OC(=O)c1ccccc1)Cc1cccc(c1OC(=O)c1ccccc1)Cc1cccc(c1OC(=O)c1ccccc1)C2. The van der Waals surface area contributed by atoms with Crippen molar-refractivity contribution in [2.45, 2.75) is 45.4 Å². The molecule has 0 radical (unpaired) electrons. The molecule has 7 heteroatoms. The largest absolute Gasteiger partial charge is 0.507 e. The summed E-state index contributed by atoms with van der Waals surface area (Å²) in [5.41, 5.74) is 7.73. The Balaban J connectivity index is 1.33. The number of para-hydroxylation sites is 3. The molecule has 7 aromatic carbocycles. The van der Waals surface area contributed by atoms with E-state index in [1.807, 2.05) is 84.9 Å². The summed E-state index contributed by atoms with van der Waals surface area (Å²) in [5, 5.41) is 12.1. The fourth-order valence-corrected chi connectivity index (χ4v) is 7.68. The molecular formula is C52H42O7. The third kappa shape index (κ3) is 8.70. The number of aromatic hydroxyl groups is 1. The number of aryl methyl sites for hydroxylation is 1. The number of esters is 3. The van der Waals surface area contributed by atoms with Crippen molar-refractivity contribution in [1.29, 1.82) is 0 Å². The summed E-state index contributed by atoms with van der Waals surface area (Å²) in [7, 11) is 0. The normalized spacial score (nSPS) is 11.9. The van der Waals surface area contributed by atoms with E-state index in [4.69, 9.17) is 14.2 Å². The molecular weight excluding hydrogens is 737 g/mol. The standard InChI is InChI=1S/C52H42O7/c1-2-15-34-28-44-32-42-26-13-24-40(48(42)58-51(55)36-18-8-4-9-19-36)30-38-22-12-23-39(47(38)57-50(54)35-16-6-3-7-17-35)31-41-25-14-27-43(33-45(29-34)46(44)53)49(41)59-52(56)37-20-10-5-11-21-37/h3-14,16-29,53H,2,15,30-33H2,1H3. The number of hydrogen-bond acceptors (Lipinski definition) is 7. The molecule has 0 spiro atoms. The Labute approximate surface area is 343 Å². The van der Waals surface area contributed by atoms with Gasteiger partial charge in [-0.1, -0.05) is 135 Å². The fraction of sp³-hybridized carbons (Fsp3) is 0.135. The van der Waals surface area contributed by atoms with Crippen LogP contribution in [0, 0.1) is 0 Å². The first-order valence-electron chi connectivity index (χ1n) is 19.8. The molecule has 0 unspecified atom stereocenters. The maximum Gasteiger partial charge on any atom is 0.343 e. The van der Waals surface area contributed by atoms with Gasteiger partial charge in [-0.2, -0.15) is 0 Å². The first-order chi connectivity index (χ1) is 28.8. The van der Waals surface area contributed by atoms with Crippen molar-refractivity contribution >= 4 is 17.9 Å². The van der Waals surface area contributed by atoms with Gasteiger partial charge in [-0.25, -0.2) is 14.4 Å². The van der Waals surface area contributed by atoms with Crippen molar-refractivity contribution in [3.05, 3.63) is 224 Å². The van der Waals surface area contributed by atoms with E-state index in [0.717, 1.165) is 18.4 Å². The molecule has 7 aromatic rings. The highest BCUT2D eigenvalue weighted by Gasteiger charge is 2.25. The minimum atomic E-state index is -0.528. The van der Waals surface area contributed by atoms with Gasteiger partial charge >= 0.3 is 17.9 Å². The lowest BCUT2D eigenvalue weighted by atomic mass is 9.90. The summed E-state index contributed by atoms with van der Waals surface area (Å²) < 4.78 is 18.9. The van der Waals surface area contributed by atoms with Crippen molar-refractivity contribution in [2.24, 2.45) is 0 Å². The van der Waals surface area contributed by atoms with E-state index in [2.05, 4.69) is 6.92 Å². The molecule has 8 bridgehead atoms. The zero-order chi connectivity index (χ0) is 40.7. The maximum absolute atomic E-state index is 13.8. The van der Waals surface area contributed by atoms with Crippen LogP contribution in [0.4, 0.5) is 0 Å². The van der Waals surface area contributed by atoms with Crippen LogP contribution in [0.15, 0.2) is 158 Å². The first-order valence-corrected chi connectivity index (χ1v) is 19.8. The lowest BCUT2D eigenvalue weighted by molar-refractivity contribution is 0.0722. The van der Waals surface area contributed by atoms with Crippen molar-refractivity contribution in [2.75, 3.05) is 0 Å². The summed E-state index contributed by atoms with van der Waals surface area (Å²) in [4.78, 5) is 41.3. The minimum absolute atomic E-state index is 0.119. The van der Waals surface area contributed by atoms with Crippen LogP contribution in [-0.2, 0) is 32.1 Å². The van der Waals surface area contributed by atoms with E-state index in [1.165, 1.54) is 0 Å². The highest BCUT2D eigenvalue weighted by molar-refractivity contribution is 5.93. The summed E-state index contributed by atoms with van der Waals surface area (Å²) in [6.45, 7) is 2.11. The molecule has 0 fully saturated rings. The Morgan fingerprint density at radius 2 is 0.712 bits per heavy atom. The molecule has 7 nitrogen and oxygen atoms in total. The van der Waals surface area contributed by atoms with Crippen LogP contribution in [-0.4, -0.2) is 23.0 Å². The number of hydrogen-bond donors (Lipinski definition) is 1. The van der Waals surface area contributed by atoms with Gasteiger partial charge in [0, 0.05) is 25.7 Å². The molecule has 1 aliphatic carbocycles. The molecule has 0 heterocycles. The third-order valence-electron chi connectivity index (χ3n) is 10.5. The van der Waals surface area contributed by atoms with Gasteiger partial charge in [0.25, 0.3) is 0 Å². The Morgan fingerprint density at radius 1 is 0.424 bits per heavy atom. The fourth-order valence-electron chi connectivity index (χ4n) is 7.68. The van der Waals surface area contributed by atoms with E-state index < -0.39 is 17.9 Å². The van der Waals surface area contributed by atoms with Crippen molar-refractivity contribution in [3.8, 4) is 23.0 Å². The number of carbonyl (C=O) groups is 3. The number of benzene rings is 7. The maximum atomic E-state index is 13.8. The lowest BCUT2D eigenvalue weighted by Crippen LogP contribution is -2.15. The van der Waals surface area contributed by atoms with Gasteiger partial charge in [-0.3, -0.25) is 0 Å². The summed E-state index contributed by atoms with van der Waals surface area (Å²) in [5.74, 6) is -0.328. The molecule has 292 valence electrons. The Bertz CT molecular complexity index is 2500. The van der Waals surface area contributed by atoms with Crippen molar-refractivity contribution < 1.29 is 33.7 Å². The van der Waals surface area contributed by atoms with Gasteiger partial charge in [0.05, 0.1) is 16.7 Å². The molecule has 0 aliphatic heterocycles. The van der Waals surface area contributed by atoms with E-state index in [9.17, 15) is 19.5 Å². The highest BCUT2D eigenvalue weighted by atomic mass is 16.5. The van der Waals surface area contributed by atoms with Gasteiger partial charge in [-0.05, 0) is 92.9 Å². The molecule has 0 atom stereocenters. The quantitative estimate of drug-likeness (QED) is 0.121. The van der Waals surface area contributed by atoms with Gasteiger partial charge in [-0.15, -0.1) is 0 Å².